The van der Waals surface area contributed by atoms with Crippen LogP contribution in [0.15, 0.2) is 0 Å². The van der Waals surface area contributed by atoms with Crippen LogP contribution in [0, 0.1) is 0 Å². The van der Waals surface area contributed by atoms with Crippen molar-refractivity contribution in [3.8, 4) is 0 Å². The van der Waals surface area contributed by atoms with E-state index in [0.29, 0.717) is 30.4 Å². The van der Waals surface area contributed by atoms with Gasteiger partial charge in [0.25, 0.3) is 0 Å². The molecule has 0 rings (SSSR count). The molecule has 0 fully saturated rings. The maximum atomic E-state index is 12.6. The van der Waals surface area contributed by atoms with E-state index in [1.165, 1.54) is 116 Å². The molecule has 1 atom stereocenters. The fourth-order valence-corrected chi connectivity index (χ4v) is 5.41. The van der Waals surface area contributed by atoms with E-state index in [-0.39, 0.29) is 42.1 Å². The minimum atomic E-state index is -0.488. The van der Waals surface area contributed by atoms with Crippen molar-refractivity contribution in [3.63, 3.8) is 0 Å². The predicted octanol–water partition coefficient (Wildman–Crippen LogP) is 5.92. The van der Waals surface area contributed by atoms with Crippen molar-refractivity contribution in [3.05, 3.63) is 0 Å². The zero-order valence-electron chi connectivity index (χ0n) is 28.3. The average molecular weight is 665 g/mol. The van der Waals surface area contributed by atoms with Gasteiger partial charge in [0.05, 0.1) is 20.7 Å². The van der Waals surface area contributed by atoms with Gasteiger partial charge in [-0.05, 0) is 12.8 Å². The van der Waals surface area contributed by atoms with Crippen LogP contribution in [0.3, 0.4) is 0 Å². The van der Waals surface area contributed by atoms with Gasteiger partial charge in [-0.1, -0.05) is 142 Å². The quantitative estimate of drug-likeness (QED) is 0.0567. The van der Waals surface area contributed by atoms with Crippen LogP contribution in [-0.2, 0) is 19.1 Å². The Kier molecular flexibility index (Phi) is 32.9. The van der Waals surface area contributed by atoms with E-state index >= 15 is 0 Å². The van der Waals surface area contributed by atoms with Crippen LogP contribution in [-0.4, -0.2) is 68.0 Å². The monoisotopic (exact) mass is 663 g/mol. The van der Waals surface area contributed by atoms with Gasteiger partial charge in [-0.15, -0.1) is 0 Å². The number of halogens is 1. The van der Waals surface area contributed by atoms with E-state index < -0.39 is 6.10 Å². The minimum Gasteiger partial charge on any atom is -1.00 e. The fourth-order valence-electron chi connectivity index (χ4n) is 5.41. The first kappa shape index (κ1) is 43.5. The molecule has 1 unspecified atom stereocenters. The number of ether oxygens (including phenoxy) is 2. The number of carbonyl (C=O) groups is 2. The van der Waals surface area contributed by atoms with Crippen molar-refractivity contribution in [1.29, 1.82) is 0 Å². The lowest BCUT2D eigenvalue weighted by atomic mass is 10.1. The Balaban J connectivity index is 0. The van der Waals surface area contributed by atoms with Crippen LogP contribution in [0.4, 0.5) is 0 Å². The van der Waals surface area contributed by atoms with E-state index in [4.69, 9.17) is 9.47 Å². The molecule has 0 heterocycles. The van der Waals surface area contributed by atoms with Crippen molar-refractivity contribution in [2.75, 3.05) is 40.4 Å². The Morgan fingerprint density at radius 3 is 1.33 bits per heavy atom. The van der Waals surface area contributed by atoms with Gasteiger partial charge in [0, 0.05) is 12.8 Å². The number of rotatable bonds is 31. The molecule has 0 spiro atoms. The third-order valence-corrected chi connectivity index (χ3v) is 8.10. The van der Waals surface area contributed by atoms with Gasteiger partial charge in [0.2, 0.25) is 0 Å². The largest absolute Gasteiger partial charge is 1.00 e. The van der Waals surface area contributed by atoms with Gasteiger partial charge in [0.1, 0.15) is 19.7 Å². The number of nitrogens with zero attached hydrogens (tertiary/aromatic N) is 1. The molecule has 0 bridgehead atoms. The zero-order valence-corrected chi connectivity index (χ0v) is 29.9. The fraction of sp³-hybridized carbons (Fsp3) is 0.943. The summed E-state index contributed by atoms with van der Waals surface area (Å²) in [6.45, 7) is 5.72. The molecule has 0 aliphatic heterocycles. The second-order valence-corrected chi connectivity index (χ2v) is 12.9. The molecule has 0 radical (unpaired) electrons. The van der Waals surface area contributed by atoms with Crippen molar-refractivity contribution < 1.29 is 45.6 Å². The van der Waals surface area contributed by atoms with Crippen LogP contribution in [0.2, 0.25) is 0 Å². The minimum absolute atomic E-state index is 0. The molecule has 6 nitrogen and oxygen atoms in total. The summed E-state index contributed by atoms with van der Waals surface area (Å²) in [5.41, 5.74) is 0. The third-order valence-electron chi connectivity index (χ3n) is 8.10. The Morgan fingerprint density at radius 2 is 0.952 bits per heavy atom. The van der Waals surface area contributed by atoms with Crippen molar-refractivity contribution in [2.24, 2.45) is 0 Å². The molecule has 0 amide bonds. The van der Waals surface area contributed by atoms with E-state index in [9.17, 15) is 14.7 Å². The SMILES string of the molecule is CCCCCCCCCCCCCC(=O)OCC(C[N+](C)(C)CCO)OC(=O)CCCCCCCCCCCCC.[Br-]. The number of likely N-dealkylation sites (N-methyl/N-ethyl adjacent to an activating group) is 1. The van der Waals surface area contributed by atoms with Gasteiger partial charge in [-0.3, -0.25) is 9.59 Å². The zero-order chi connectivity index (χ0) is 30.4. The van der Waals surface area contributed by atoms with E-state index in [2.05, 4.69) is 13.8 Å². The first-order valence-electron chi connectivity index (χ1n) is 17.6. The molecule has 7 heteroatoms. The summed E-state index contributed by atoms with van der Waals surface area (Å²) in [6, 6.07) is 0. The van der Waals surface area contributed by atoms with Gasteiger partial charge in [0.15, 0.2) is 6.10 Å². The molecule has 0 aromatic carbocycles. The normalized spacial score (nSPS) is 12.1. The molecule has 0 aliphatic rings. The number of hydrogen-bond donors (Lipinski definition) is 1. The van der Waals surface area contributed by atoms with Gasteiger partial charge >= 0.3 is 11.9 Å². The molecule has 252 valence electrons. The molecular formula is C35H70BrNO5. The van der Waals surface area contributed by atoms with E-state index in [0.717, 1.165) is 25.7 Å². The third kappa shape index (κ3) is 30.8. The molecule has 0 saturated carbocycles. The molecule has 0 aliphatic carbocycles. The summed E-state index contributed by atoms with van der Waals surface area (Å²) in [4.78, 5) is 24.9. The number of aliphatic hydroxyl groups is 1. The molecule has 1 N–H and O–H groups in total. The second kappa shape index (κ2) is 31.8. The van der Waals surface area contributed by atoms with Gasteiger partial charge in [-0.2, -0.15) is 0 Å². The number of aliphatic hydroxyl groups excluding tert-OH is 1. The van der Waals surface area contributed by atoms with Crippen LogP contribution in [0.1, 0.15) is 168 Å². The molecular weight excluding hydrogens is 594 g/mol. The highest BCUT2D eigenvalue weighted by molar-refractivity contribution is 5.70. The van der Waals surface area contributed by atoms with Crippen LogP contribution in [0.25, 0.3) is 0 Å². The number of esters is 2. The summed E-state index contributed by atoms with van der Waals surface area (Å²) in [7, 11) is 3.99. The Hall–Kier alpha value is -0.660. The number of carbonyl (C=O) groups excluding carboxylic acids is 2. The highest BCUT2D eigenvalue weighted by Crippen LogP contribution is 2.14. The topological polar surface area (TPSA) is 72.8 Å². The summed E-state index contributed by atoms with van der Waals surface area (Å²) in [6.07, 6.45) is 27.7. The Bertz CT molecular complexity index is 602. The molecule has 0 aromatic heterocycles. The maximum Gasteiger partial charge on any atom is 0.306 e. The summed E-state index contributed by atoms with van der Waals surface area (Å²) in [5, 5.41) is 9.41. The molecule has 0 aromatic rings. The Labute approximate surface area is 271 Å². The lowest BCUT2D eigenvalue weighted by Crippen LogP contribution is -3.00. The van der Waals surface area contributed by atoms with Gasteiger partial charge < -0.3 is 36.0 Å². The van der Waals surface area contributed by atoms with Crippen LogP contribution in [0.5, 0.6) is 0 Å². The van der Waals surface area contributed by atoms with Crippen molar-refractivity contribution in [2.45, 2.75) is 174 Å². The standard InChI is InChI=1S/C35H70NO5.BrH/c1-5-7-9-11-13-15-17-19-21-23-25-27-34(38)40-32-33(31-36(3,4)29-30-37)41-35(39)28-26-24-22-20-18-16-14-12-10-8-6-2;/h33,37H,5-32H2,1-4H3;1H/q+1;/p-1. The maximum absolute atomic E-state index is 12.6. The smallest absolute Gasteiger partial charge is 0.306 e. The Morgan fingerprint density at radius 1 is 0.595 bits per heavy atom. The van der Waals surface area contributed by atoms with E-state index in [1.54, 1.807) is 0 Å². The average Bonchev–Trinajstić information content (AvgIpc) is 2.93. The van der Waals surface area contributed by atoms with Gasteiger partial charge in [-0.25, -0.2) is 0 Å². The predicted molar refractivity (Wildman–Crippen MR) is 172 cm³/mol. The van der Waals surface area contributed by atoms with Crippen LogP contribution < -0.4 is 17.0 Å². The number of hydrogen-bond acceptors (Lipinski definition) is 5. The molecule has 0 saturated heterocycles. The first-order valence-corrected chi connectivity index (χ1v) is 17.6. The number of unbranched alkanes of at least 4 members (excludes halogenated alkanes) is 20. The lowest BCUT2D eigenvalue weighted by Gasteiger charge is -2.32. The molecule has 42 heavy (non-hydrogen) atoms. The van der Waals surface area contributed by atoms with Crippen molar-refractivity contribution in [1.82, 2.24) is 0 Å². The van der Waals surface area contributed by atoms with E-state index in [1.807, 2.05) is 14.1 Å². The van der Waals surface area contributed by atoms with Crippen molar-refractivity contribution >= 4 is 11.9 Å². The highest BCUT2D eigenvalue weighted by atomic mass is 79.9. The van der Waals surface area contributed by atoms with Crippen LogP contribution >= 0.6 is 0 Å². The number of quaternary nitrogens is 1. The second-order valence-electron chi connectivity index (χ2n) is 12.9. The summed E-state index contributed by atoms with van der Waals surface area (Å²) >= 11 is 0. The first-order chi connectivity index (χ1) is 19.8. The highest BCUT2D eigenvalue weighted by Gasteiger charge is 2.26. The summed E-state index contributed by atoms with van der Waals surface area (Å²) in [5.74, 6) is -0.420. The summed E-state index contributed by atoms with van der Waals surface area (Å²) < 4.78 is 11.8. The lowest BCUT2D eigenvalue weighted by molar-refractivity contribution is -0.893.